The van der Waals surface area contributed by atoms with E-state index in [0.717, 1.165) is 32.1 Å². The van der Waals surface area contributed by atoms with Crippen LogP contribution in [0.25, 0.3) is 0 Å². The maximum Gasteiger partial charge on any atom is 0.336 e. The molecule has 0 radical (unpaired) electrons. The maximum absolute atomic E-state index is 11.9. The van der Waals surface area contributed by atoms with Gasteiger partial charge in [-0.25, -0.2) is 9.59 Å². The highest BCUT2D eigenvalue weighted by atomic mass is 16.6. The van der Waals surface area contributed by atoms with Gasteiger partial charge in [0, 0.05) is 12.6 Å². The molecule has 7 heteroatoms. The van der Waals surface area contributed by atoms with Gasteiger partial charge in [-0.3, -0.25) is 10.1 Å². The van der Waals surface area contributed by atoms with Crippen molar-refractivity contribution in [3.63, 3.8) is 0 Å². The third-order valence-electron chi connectivity index (χ3n) is 4.03. The summed E-state index contributed by atoms with van der Waals surface area (Å²) in [5.74, 6) is -1.17. The number of esters is 1. The molecule has 2 atom stereocenters. The van der Waals surface area contributed by atoms with Gasteiger partial charge in [0.15, 0.2) is 12.2 Å². The Morgan fingerprint density at radius 3 is 2.45 bits per heavy atom. The third-order valence-corrected chi connectivity index (χ3v) is 4.03. The summed E-state index contributed by atoms with van der Waals surface area (Å²) < 4.78 is 10.2. The van der Waals surface area contributed by atoms with Crippen LogP contribution in [0.15, 0.2) is 0 Å². The van der Waals surface area contributed by atoms with Crippen molar-refractivity contribution in [1.29, 1.82) is 0 Å². The maximum atomic E-state index is 11.9. The van der Waals surface area contributed by atoms with E-state index in [1.807, 2.05) is 0 Å². The fraction of sp³-hybridized carbons (Fsp3) is 0.800. The zero-order chi connectivity index (χ0) is 15.9. The summed E-state index contributed by atoms with van der Waals surface area (Å²) in [7, 11) is 0. The molecular weight excluding hydrogens is 288 g/mol. The highest BCUT2D eigenvalue weighted by Crippen LogP contribution is 2.17. The summed E-state index contributed by atoms with van der Waals surface area (Å²) in [5, 5.41) is 4.99. The van der Waals surface area contributed by atoms with Crippen LogP contribution in [-0.2, 0) is 19.1 Å². The minimum atomic E-state index is -1.02. The summed E-state index contributed by atoms with van der Waals surface area (Å²) >= 11 is 0. The highest BCUT2D eigenvalue weighted by Gasteiger charge is 2.29. The normalized spacial score (nSPS) is 23.6. The van der Waals surface area contributed by atoms with Crippen molar-refractivity contribution in [2.45, 2.75) is 70.1 Å². The largest absolute Gasteiger partial charge is 0.451 e. The predicted octanol–water partition coefficient (Wildman–Crippen LogP) is 1.26. The molecule has 0 aromatic carbocycles. The molecule has 0 aromatic heterocycles. The van der Waals surface area contributed by atoms with E-state index in [4.69, 9.17) is 9.47 Å². The first-order valence-electron chi connectivity index (χ1n) is 7.99. The quantitative estimate of drug-likeness (QED) is 0.762. The second-order valence-corrected chi connectivity index (χ2v) is 5.88. The van der Waals surface area contributed by atoms with Crippen molar-refractivity contribution < 1.29 is 23.9 Å². The molecule has 3 amide bonds. The number of imide groups is 1. The van der Waals surface area contributed by atoms with E-state index < -0.39 is 30.1 Å². The Bertz CT molecular complexity index is 414. The Labute approximate surface area is 130 Å². The second-order valence-electron chi connectivity index (χ2n) is 5.88. The lowest BCUT2D eigenvalue weighted by molar-refractivity contribution is -0.163. The van der Waals surface area contributed by atoms with Crippen LogP contribution >= 0.6 is 0 Å². The van der Waals surface area contributed by atoms with Crippen LogP contribution in [0, 0.1) is 0 Å². The number of hydrogen-bond acceptors (Lipinski definition) is 5. The van der Waals surface area contributed by atoms with E-state index in [-0.39, 0.29) is 6.04 Å². The summed E-state index contributed by atoms with van der Waals surface area (Å²) in [4.78, 5) is 35.4. The summed E-state index contributed by atoms with van der Waals surface area (Å²) in [6.45, 7) is 1.97. The predicted molar refractivity (Wildman–Crippen MR) is 78.1 cm³/mol. The Hall–Kier alpha value is -1.63. The number of carbonyl (C=O) groups excluding carboxylic acids is 3. The Kier molecular flexibility index (Phi) is 6.18. The molecule has 7 nitrogen and oxygen atoms in total. The number of amides is 3. The van der Waals surface area contributed by atoms with Crippen LogP contribution in [0.1, 0.15) is 51.9 Å². The molecule has 0 bridgehead atoms. The van der Waals surface area contributed by atoms with Gasteiger partial charge in [0.25, 0.3) is 5.91 Å². The van der Waals surface area contributed by atoms with Crippen LogP contribution in [-0.4, -0.2) is 42.8 Å². The number of carbonyl (C=O) groups is 3. The zero-order valence-electron chi connectivity index (χ0n) is 12.9. The summed E-state index contributed by atoms with van der Waals surface area (Å²) in [6.07, 6.45) is 5.05. The van der Waals surface area contributed by atoms with Crippen LogP contribution < -0.4 is 10.6 Å². The van der Waals surface area contributed by atoms with Crippen molar-refractivity contribution >= 4 is 17.9 Å². The van der Waals surface area contributed by atoms with Crippen LogP contribution in [0.2, 0.25) is 0 Å². The Morgan fingerprint density at radius 1 is 1.09 bits per heavy atom. The molecule has 2 aliphatic rings. The van der Waals surface area contributed by atoms with Crippen LogP contribution in [0.5, 0.6) is 0 Å². The lowest BCUT2D eigenvalue weighted by atomic mass is 9.96. The highest BCUT2D eigenvalue weighted by molar-refractivity contribution is 5.97. The Morgan fingerprint density at radius 2 is 1.82 bits per heavy atom. The average molecular weight is 312 g/mol. The number of nitrogens with one attached hydrogen (secondary N) is 2. The molecule has 0 spiro atoms. The molecule has 1 saturated heterocycles. The van der Waals surface area contributed by atoms with Gasteiger partial charge in [-0.15, -0.1) is 0 Å². The third kappa shape index (κ3) is 4.98. The number of hydrogen-bond donors (Lipinski definition) is 2. The topological polar surface area (TPSA) is 93.7 Å². The average Bonchev–Trinajstić information content (AvgIpc) is 3.02. The molecule has 1 aliphatic heterocycles. The molecule has 2 N–H and O–H groups in total. The summed E-state index contributed by atoms with van der Waals surface area (Å²) in [6, 6.07) is -0.414. The minimum Gasteiger partial charge on any atom is -0.451 e. The number of ether oxygens (including phenoxy) is 2. The van der Waals surface area contributed by atoms with Crippen molar-refractivity contribution in [3.05, 3.63) is 0 Å². The van der Waals surface area contributed by atoms with E-state index in [1.54, 1.807) is 0 Å². The monoisotopic (exact) mass is 312 g/mol. The molecular formula is C15H24N2O5. The molecule has 0 aromatic rings. The lowest BCUT2D eigenvalue weighted by Gasteiger charge is -2.23. The SMILES string of the molecule is C[C@H](OC(=O)[C@H]1CCCO1)C(=O)NC(=O)NC1CCCCC1. The fourth-order valence-corrected chi connectivity index (χ4v) is 2.75. The first-order valence-corrected chi connectivity index (χ1v) is 7.99. The van der Waals surface area contributed by atoms with E-state index in [0.29, 0.717) is 13.0 Å². The Balaban J connectivity index is 1.70. The summed E-state index contributed by atoms with van der Waals surface area (Å²) in [5.41, 5.74) is 0. The molecule has 1 saturated carbocycles. The molecule has 22 heavy (non-hydrogen) atoms. The van der Waals surface area contributed by atoms with Gasteiger partial charge in [-0.05, 0) is 32.6 Å². The second kappa shape index (κ2) is 8.12. The molecule has 1 aliphatic carbocycles. The van der Waals surface area contributed by atoms with Gasteiger partial charge in [0.2, 0.25) is 0 Å². The standard InChI is InChI=1S/C15H24N2O5/c1-10(22-14(19)12-8-5-9-21-12)13(18)17-15(20)16-11-6-3-2-4-7-11/h10-12H,2-9H2,1H3,(H2,16,17,18,20)/t10-,12+/m0/s1. The smallest absolute Gasteiger partial charge is 0.336 e. The van der Waals surface area contributed by atoms with Crippen molar-refractivity contribution in [3.8, 4) is 0 Å². The van der Waals surface area contributed by atoms with Crippen molar-refractivity contribution in [2.24, 2.45) is 0 Å². The van der Waals surface area contributed by atoms with Gasteiger partial charge in [-0.1, -0.05) is 19.3 Å². The van der Waals surface area contributed by atoms with E-state index in [9.17, 15) is 14.4 Å². The van der Waals surface area contributed by atoms with E-state index >= 15 is 0 Å². The number of rotatable bonds is 4. The molecule has 0 unspecified atom stereocenters. The van der Waals surface area contributed by atoms with Crippen LogP contribution in [0.4, 0.5) is 4.79 Å². The van der Waals surface area contributed by atoms with Crippen molar-refractivity contribution in [1.82, 2.24) is 10.6 Å². The van der Waals surface area contributed by atoms with Gasteiger partial charge < -0.3 is 14.8 Å². The van der Waals surface area contributed by atoms with Gasteiger partial charge >= 0.3 is 12.0 Å². The van der Waals surface area contributed by atoms with Crippen molar-refractivity contribution in [2.75, 3.05) is 6.61 Å². The molecule has 2 rings (SSSR count). The molecule has 1 heterocycles. The molecule has 2 fully saturated rings. The number of urea groups is 1. The van der Waals surface area contributed by atoms with Gasteiger partial charge in [-0.2, -0.15) is 0 Å². The van der Waals surface area contributed by atoms with Crippen LogP contribution in [0.3, 0.4) is 0 Å². The molecule has 124 valence electrons. The van der Waals surface area contributed by atoms with Gasteiger partial charge in [0.1, 0.15) is 0 Å². The van der Waals surface area contributed by atoms with Gasteiger partial charge in [0.05, 0.1) is 0 Å². The first-order chi connectivity index (χ1) is 10.6. The lowest BCUT2D eigenvalue weighted by Crippen LogP contribution is -2.48. The minimum absolute atomic E-state index is 0.117. The van der Waals surface area contributed by atoms with E-state index in [2.05, 4.69) is 10.6 Å². The fourth-order valence-electron chi connectivity index (χ4n) is 2.75. The zero-order valence-corrected chi connectivity index (χ0v) is 12.9. The first kappa shape index (κ1) is 16.7. The van der Waals surface area contributed by atoms with E-state index in [1.165, 1.54) is 13.3 Å².